The molecule has 4 rings (SSSR count). The number of rotatable bonds is 4. The molecule has 0 spiro atoms. The number of benzene rings is 1. The van der Waals surface area contributed by atoms with Gasteiger partial charge >= 0.3 is 0 Å². The number of pyridine rings is 1. The van der Waals surface area contributed by atoms with Crippen LogP contribution in [-0.2, 0) is 0 Å². The predicted octanol–water partition coefficient (Wildman–Crippen LogP) is 3.89. The molecule has 0 N–H and O–H groups in total. The minimum atomic E-state index is -0.194. The number of halogens is 1. The molecule has 0 atom stereocenters. The van der Waals surface area contributed by atoms with Gasteiger partial charge in [-0.25, -0.2) is 4.98 Å². The highest BCUT2D eigenvalue weighted by Gasteiger charge is 2.28. The molecule has 30 heavy (non-hydrogen) atoms. The largest absolute Gasteiger partial charge is 0.351 e. The van der Waals surface area contributed by atoms with E-state index in [1.165, 1.54) is 11.8 Å². The van der Waals surface area contributed by atoms with Gasteiger partial charge in [0.2, 0.25) is 5.76 Å². The van der Waals surface area contributed by atoms with Crippen LogP contribution in [0, 0.1) is 6.92 Å². The van der Waals surface area contributed by atoms with Gasteiger partial charge in [-0.1, -0.05) is 29.1 Å². The summed E-state index contributed by atoms with van der Waals surface area (Å²) in [5.74, 6) is -0.00573. The Labute approximate surface area is 186 Å². The first kappa shape index (κ1) is 20.6. The van der Waals surface area contributed by atoms with Gasteiger partial charge in [-0.15, -0.1) is 0 Å². The molecule has 3 heterocycles. The first-order chi connectivity index (χ1) is 14.5. The molecule has 0 unspecified atom stereocenters. The van der Waals surface area contributed by atoms with Crippen molar-refractivity contribution in [1.82, 2.24) is 19.9 Å². The molecule has 2 amide bonds. The molecule has 154 valence electrons. The van der Waals surface area contributed by atoms with Crippen molar-refractivity contribution in [2.45, 2.75) is 16.8 Å². The van der Waals surface area contributed by atoms with Crippen LogP contribution in [0.5, 0.6) is 0 Å². The maximum Gasteiger partial charge on any atom is 0.292 e. The molecule has 7 nitrogen and oxygen atoms in total. The molecule has 0 bridgehead atoms. The predicted molar refractivity (Wildman–Crippen MR) is 116 cm³/mol. The number of carbonyl (C=O) groups is 2. The Morgan fingerprint density at radius 3 is 2.37 bits per heavy atom. The number of aromatic nitrogens is 2. The monoisotopic (exact) mass is 486 g/mol. The van der Waals surface area contributed by atoms with Crippen molar-refractivity contribution < 1.29 is 14.1 Å². The van der Waals surface area contributed by atoms with E-state index in [4.69, 9.17) is 4.52 Å². The third-order valence-corrected chi connectivity index (χ3v) is 6.22. The molecule has 0 saturated carbocycles. The van der Waals surface area contributed by atoms with Crippen LogP contribution in [0.4, 0.5) is 0 Å². The van der Waals surface area contributed by atoms with E-state index in [0.717, 1.165) is 14.4 Å². The van der Waals surface area contributed by atoms with Crippen LogP contribution in [0.1, 0.15) is 26.6 Å². The summed E-state index contributed by atoms with van der Waals surface area (Å²) in [5, 5.41) is 4.58. The van der Waals surface area contributed by atoms with E-state index in [9.17, 15) is 9.59 Å². The fourth-order valence-corrected chi connectivity index (χ4v) is 4.28. The lowest BCUT2D eigenvalue weighted by Gasteiger charge is -2.34. The maximum atomic E-state index is 13.2. The molecular formula is C21H19BrN4O3S. The van der Waals surface area contributed by atoms with Gasteiger partial charge in [-0.3, -0.25) is 9.59 Å². The SMILES string of the molecule is Cc1cc(C(=O)N2CCN(C(=O)c3ccccc3Sc3ccc(Br)cn3)CC2)on1. The van der Waals surface area contributed by atoms with Crippen molar-refractivity contribution in [1.29, 1.82) is 0 Å². The lowest BCUT2D eigenvalue weighted by atomic mass is 10.1. The highest BCUT2D eigenvalue weighted by molar-refractivity contribution is 9.10. The lowest BCUT2D eigenvalue weighted by Crippen LogP contribution is -2.50. The molecule has 1 aliphatic heterocycles. The zero-order valence-corrected chi connectivity index (χ0v) is 18.6. The van der Waals surface area contributed by atoms with Gasteiger partial charge < -0.3 is 14.3 Å². The second kappa shape index (κ2) is 9.01. The zero-order chi connectivity index (χ0) is 21.1. The highest BCUT2D eigenvalue weighted by atomic mass is 79.9. The van der Waals surface area contributed by atoms with E-state index in [1.54, 1.807) is 29.0 Å². The summed E-state index contributed by atoms with van der Waals surface area (Å²) in [6.45, 7) is 3.61. The van der Waals surface area contributed by atoms with E-state index >= 15 is 0 Å². The molecule has 1 fully saturated rings. The third kappa shape index (κ3) is 4.57. The first-order valence-electron chi connectivity index (χ1n) is 9.41. The van der Waals surface area contributed by atoms with Crippen molar-refractivity contribution in [2.24, 2.45) is 0 Å². The van der Waals surface area contributed by atoms with Crippen LogP contribution in [0.2, 0.25) is 0 Å². The van der Waals surface area contributed by atoms with Crippen molar-refractivity contribution >= 4 is 39.5 Å². The van der Waals surface area contributed by atoms with Crippen LogP contribution in [-0.4, -0.2) is 57.9 Å². The zero-order valence-electron chi connectivity index (χ0n) is 16.2. The van der Waals surface area contributed by atoms with Gasteiger partial charge in [0.05, 0.1) is 11.3 Å². The Hall–Kier alpha value is -2.65. The molecule has 0 radical (unpaired) electrons. The number of nitrogens with zero attached hydrogens (tertiary/aromatic N) is 4. The van der Waals surface area contributed by atoms with E-state index in [-0.39, 0.29) is 17.6 Å². The molecule has 2 aromatic heterocycles. The quantitative estimate of drug-likeness (QED) is 0.556. The number of piperazine rings is 1. The number of hydrogen-bond donors (Lipinski definition) is 0. The summed E-state index contributed by atoms with van der Waals surface area (Å²) < 4.78 is 5.98. The van der Waals surface area contributed by atoms with Gasteiger partial charge in [0.1, 0.15) is 5.03 Å². The van der Waals surface area contributed by atoms with Gasteiger partial charge in [-0.2, -0.15) is 0 Å². The summed E-state index contributed by atoms with van der Waals surface area (Å²) in [7, 11) is 0. The van der Waals surface area contributed by atoms with E-state index in [2.05, 4.69) is 26.1 Å². The van der Waals surface area contributed by atoms with Crippen molar-refractivity contribution in [3.05, 3.63) is 70.2 Å². The molecule has 1 saturated heterocycles. The normalized spacial score (nSPS) is 14.1. The first-order valence-corrected chi connectivity index (χ1v) is 11.0. The lowest BCUT2D eigenvalue weighted by molar-refractivity contribution is 0.0511. The van der Waals surface area contributed by atoms with E-state index in [1.807, 2.05) is 36.4 Å². The smallest absolute Gasteiger partial charge is 0.292 e. The number of aryl methyl sites for hydroxylation is 1. The topological polar surface area (TPSA) is 79.5 Å². The Bertz CT molecular complexity index is 1060. The summed E-state index contributed by atoms with van der Waals surface area (Å²) in [6.07, 6.45) is 1.74. The van der Waals surface area contributed by atoms with Crippen molar-refractivity contribution in [3.8, 4) is 0 Å². The minimum Gasteiger partial charge on any atom is -0.351 e. The average Bonchev–Trinajstić information content (AvgIpc) is 3.21. The Balaban J connectivity index is 1.43. The van der Waals surface area contributed by atoms with Crippen molar-refractivity contribution in [3.63, 3.8) is 0 Å². The number of carbonyl (C=O) groups excluding carboxylic acids is 2. The molecule has 3 aromatic rings. The molecule has 1 aliphatic rings. The molecule has 1 aromatic carbocycles. The van der Waals surface area contributed by atoms with Crippen LogP contribution in [0.25, 0.3) is 0 Å². The standard InChI is InChI=1S/C21H19BrN4O3S/c1-14-12-17(29-24-14)21(28)26-10-8-25(9-11-26)20(27)16-4-2-3-5-18(16)30-19-7-6-15(22)13-23-19/h2-7,12-13H,8-11H2,1H3. The van der Waals surface area contributed by atoms with Crippen LogP contribution in [0.15, 0.2) is 67.6 Å². The Morgan fingerprint density at radius 1 is 1.03 bits per heavy atom. The number of hydrogen-bond acceptors (Lipinski definition) is 6. The summed E-state index contributed by atoms with van der Waals surface area (Å²) >= 11 is 4.84. The van der Waals surface area contributed by atoms with Gasteiger partial charge in [-0.05, 0) is 47.1 Å². The van der Waals surface area contributed by atoms with Gasteiger partial charge in [0.25, 0.3) is 11.8 Å². The summed E-state index contributed by atoms with van der Waals surface area (Å²) in [6, 6.07) is 13.0. The van der Waals surface area contributed by atoms with Crippen LogP contribution < -0.4 is 0 Å². The molecular weight excluding hydrogens is 468 g/mol. The fraction of sp³-hybridized carbons (Fsp3) is 0.238. The van der Waals surface area contributed by atoms with E-state index in [0.29, 0.717) is 37.4 Å². The summed E-state index contributed by atoms with van der Waals surface area (Å²) in [4.78, 5) is 34.4. The second-order valence-electron chi connectivity index (χ2n) is 6.83. The minimum absolute atomic E-state index is 0.0437. The summed E-state index contributed by atoms with van der Waals surface area (Å²) in [5.41, 5.74) is 1.30. The second-order valence-corrected chi connectivity index (χ2v) is 8.81. The average molecular weight is 487 g/mol. The molecule has 9 heteroatoms. The Kier molecular flexibility index (Phi) is 6.19. The van der Waals surface area contributed by atoms with Gasteiger partial charge in [0, 0.05) is 47.8 Å². The van der Waals surface area contributed by atoms with Crippen LogP contribution >= 0.6 is 27.7 Å². The third-order valence-electron chi connectivity index (χ3n) is 4.73. The fourth-order valence-electron chi connectivity index (χ4n) is 3.17. The molecule has 0 aliphatic carbocycles. The van der Waals surface area contributed by atoms with Crippen molar-refractivity contribution in [2.75, 3.05) is 26.2 Å². The van der Waals surface area contributed by atoms with Gasteiger partial charge in [0.15, 0.2) is 0 Å². The maximum absolute atomic E-state index is 13.2. The number of amides is 2. The van der Waals surface area contributed by atoms with Crippen LogP contribution in [0.3, 0.4) is 0 Å². The van der Waals surface area contributed by atoms with E-state index < -0.39 is 0 Å². The Morgan fingerprint density at radius 2 is 1.73 bits per heavy atom. The highest BCUT2D eigenvalue weighted by Crippen LogP contribution is 2.30.